The second-order valence-corrected chi connectivity index (χ2v) is 8.66. The van der Waals surface area contributed by atoms with E-state index in [1.807, 2.05) is 59.5 Å². The first-order chi connectivity index (χ1) is 12.4. The third-order valence-electron chi connectivity index (χ3n) is 4.68. The van der Waals surface area contributed by atoms with E-state index in [2.05, 4.69) is 4.72 Å². The first-order valence-electron chi connectivity index (χ1n) is 8.82. The number of benzene rings is 2. The van der Waals surface area contributed by atoms with Gasteiger partial charge in [-0.3, -0.25) is 4.79 Å². The normalized spacial score (nSPS) is 17.9. The molecule has 0 saturated carbocycles. The zero-order valence-electron chi connectivity index (χ0n) is 14.9. The van der Waals surface area contributed by atoms with Crippen molar-refractivity contribution in [3.63, 3.8) is 0 Å². The molecule has 2 aromatic rings. The Morgan fingerprint density at radius 3 is 2.38 bits per heavy atom. The van der Waals surface area contributed by atoms with E-state index in [1.165, 1.54) is 0 Å². The summed E-state index contributed by atoms with van der Waals surface area (Å²) in [6.07, 6.45) is 2.98. The fourth-order valence-electron chi connectivity index (χ4n) is 3.30. The quantitative estimate of drug-likeness (QED) is 0.878. The molecule has 5 nitrogen and oxygen atoms in total. The van der Waals surface area contributed by atoms with Crippen LogP contribution in [-0.4, -0.2) is 45.1 Å². The molecule has 3 rings (SSSR count). The molecule has 1 fully saturated rings. The Hall–Kier alpha value is -2.18. The maximum atomic E-state index is 12.8. The molecule has 1 N–H and O–H groups in total. The van der Waals surface area contributed by atoms with Gasteiger partial charge in [-0.1, -0.05) is 42.5 Å². The van der Waals surface area contributed by atoms with Crippen molar-refractivity contribution in [2.45, 2.75) is 12.8 Å². The van der Waals surface area contributed by atoms with Crippen LogP contribution >= 0.6 is 0 Å². The van der Waals surface area contributed by atoms with Crippen LogP contribution in [0.2, 0.25) is 0 Å². The number of piperidine rings is 1. The maximum absolute atomic E-state index is 12.8. The molecule has 0 aliphatic carbocycles. The Balaban J connectivity index is 1.65. The predicted molar refractivity (Wildman–Crippen MR) is 103 cm³/mol. The van der Waals surface area contributed by atoms with Gasteiger partial charge in [0.05, 0.1) is 6.26 Å². The molecule has 1 saturated heterocycles. The summed E-state index contributed by atoms with van der Waals surface area (Å²) >= 11 is 0. The van der Waals surface area contributed by atoms with Gasteiger partial charge in [0, 0.05) is 25.2 Å². The average molecular weight is 372 g/mol. The predicted octanol–water partition coefficient (Wildman–Crippen LogP) is 2.76. The van der Waals surface area contributed by atoms with Gasteiger partial charge in [0.15, 0.2) is 0 Å². The molecule has 1 aliphatic heterocycles. The number of rotatable bonds is 5. The number of hydrogen-bond acceptors (Lipinski definition) is 3. The molecule has 1 aliphatic rings. The Labute approximate surface area is 155 Å². The molecule has 0 aromatic heterocycles. The minimum absolute atomic E-state index is 0.00803. The van der Waals surface area contributed by atoms with Crippen molar-refractivity contribution in [2.75, 3.05) is 25.9 Å². The van der Waals surface area contributed by atoms with Crippen molar-refractivity contribution in [1.29, 1.82) is 0 Å². The van der Waals surface area contributed by atoms with Crippen LogP contribution in [0.25, 0.3) is 11.1 Å². The second-order valence-electron chi connectivity index (χ2n) is 6.82. The first-order valence-corrected chi connectivity index (χ1v) is 10.7. The number of sulfonamides is 1. The van der Waals surface area contributed by atoms with Crippen LogP contribution < -0.4 is 4.72 Å². The van der Waals surface area contributed by atoms with Crippen molar-refractivity contribution in [2.24, 2.45) is 5.92 Å². The lowest BCUT2D eigenvalue weighted by molar-refractivity contribution is 0.0676. The molecule has 1 amide bonds. The van der Waals surface area contributed by atoms with E-state index in [0.29, 0.717) is 25.2 Å². The highest BCUT2D eigenvalue weighted by Gasteiger charge is 2.25. The lowest BCUT2D eigenvalue weighted by Gasteiger charge is -2.32. The molecule has 138 valence electrons. The molecule has 0 radical (unpaired) electrons. The third-order valence-corrected chi connectivity index (χ3v) is 5.37. The number of nitrogens with zero attached hydrogens (tertiary/aromatic N) is 1. The molecule has 2 aromatic carbocycles. The molecule has 6 heteroatoms. The summed E-state index contributed by atoms with van der Waals surface area (Å²) in [7, 11) is -3.20. The number of hydrogen-bond donors (Lipinski definition) is 1. The largest absolute Gasteiger partial charge is 0.338 e. The molecule has 0 spiro atoms. The summed E-state index contributed by atoms with van der Waals surface area (Å²) in [4.78, 5) is 14.6. The summed E-state index contributed by atoms with van der Waals surface area (Å²) in [6, 6.07) is 17.7. The van der Waals surface area contributed by atoms with E-state index in [0.717, 1.165) is 30.2 Å². The highest BCUT2D eigenvalue weighted by atomic mass is 32.2. The molecular formula is C20H24N2O3S. The van der Waals surface area contributed by atoms with Gasteiger partial charge in [-0.05, 0) is 42.0 Å². The molecule has 1 unspecified atom stereocenters. The highest BCUT2D eigenvalue weighted by Crippen LogP contribution is 2.22. The van der Waals surface area contributed by atoms with Gasteiger partial charge in [0.1, 0.15) is 0 Å². The highest BCUT2D eigenvalue weighted by molar-refractivity contribution is 7.88. The smallest absolute Gasteiger partial charge is 0.253 e. The van der Waals surface area contributed by atoms with E-state index < -0.39 is 10.0 Å². The van der Waals surface area contributed by atoms with Crippen LogP contribution in [0.1, 0.15) is 23.2 Å². The van der Waals surface area contributed by atoms with Gasteiger partial charge in [-0.2, -0.15) is 0 Å². The van der Waals surface area contributed by atoms with E-state index in [4.69, 9.17) is 0 Å². The monoisotopic (exact) mass is 372 g/mol. The summed E-state index contributed by atoms with van der Waals surface area (Å²) in [5.74, 6) is 0.166. The van der Waals surface area contributed by atoms with E-state index >= 15 is 0 Å². The Morgan fingerprint density at radius 2 is 1.73 bits per heavy atom. The summed E-state index contributed by atoms with van der Waals surface area (Å²) in [6.45, 7) is 1.69. The van der Waals surface area contributed by atoms with Gasteiger partial charge < -0.3 is 4.90 Å². The van der Waals surface area contributed by atoms with Crippen LogP contribution in [0.5, 0.6) is 0 Å². The van der Waals surface area contributed by atoms with Crippen LogP contribution in [0, 0.1) is 5.92 Å². The topological polar surface area (TPSA) is 66.5 Å². The van der Waals surface area contributed by atoms with Crippen molar-refractivity contribution in [3.05, 3.63) is 60.2 Å². The van der Waals surface area contributed by atoms with E-state index in [1.54, 1.807) is 0 Å². The van der Waals surface area contributed by atoms with Gasteiger partial charge in [-0.15, -0.1) is 0 Å². The van der Waals surface area contributed by atoms with E-state index in [-0.39, 0.29) is 11.8 Å². The number of likely N-dealkylation sites (tertiary alicyclic amines) is 1. The number of carbonyl (C=O) groups excluding carboxylic acids is 1. The maximum Gasteiger partial charge on any atom is 0.253 e. The SMILES string of the molecule is CS(=O)(=O)NCC1CCCN(C(=O)c2ccc(-c3ccccc3)cc2)C1. The average Bonchev–Trinajstić information content (AvgIpc) is 2.66. The summed E-state index contributed by atoms with van der Waals surface area (Å²) in [5.41, 5.74) is 2.87. The van der Waals surface area contributed by atoms with Crippen LogP contribution in [0.3, 0.4) is 0 Å². The van der Waals surface area contributed by atoms with Crippen molar-refractivity contribution < 1.29 is 13.2 Å². The van der Waals surface area contributed by atoms with Gasteiger partial charge in [0.25, 0.3) is 5.91 Å². The lowest BCUT2D eigenvalue weighted by atomic mass is 9.97. The summed E-state index contributed by atoms with van der Waals surface area (Å²) in [5, 5.41) is 0. The molecular weight excluding hydrogens is 348 g/mol. The number of carbonyl (C=O) groups is 1. The van der Waals surface area contributed by atoms with Gasteiger partial charge >= 0.3 is 0 Å². The zero-order valence-corrected chi connectivity index (χ0v) is 15.7. The standard InChI is InChI=1S/C20H24N2O3S/c1-26(24,25)21-14-16-6-5-13-22(15-16)20(23)19-11-9-18(10-12-19)17-7-3-2-4-8-17/h2-4,7-12,16,21H,5-6,13-15H2,1H3. The lowest BCUT2D eigenvalue weighted by Crippen LogP contribution is -2.43. The third kappa shape index (κ3) is 4.93. The zero-order chi connectivity index (χ0) is 18.6. The van der Waals surface area contributed by atoms with Crippen LogP contribution in [0.4, 0.5) is 0 Å². The molecule has 0 bridgehead atoms. The Bertz CT molecular complexity index is 848. The number of nitrogens with one attached hydrogen (secondary N) is 1. The minimum Gasteiger partial charge on any atom is -0.338 e. The van der Waals surface area contributed by atoms with Gasteiger partial charge in [0.2, 0.25) is 10.0 Å². The fraction of sp³-hybridized carbons (Fsp3) is 0.350. The van der Waals surface area contributed by atoms with E-state index in [9.17, 15) is 13.2 Å². The summed E-state index contributed by atoms with van der Waals surface area (Å²) < 4.78 is 25.1. The molecule has 1 heterocycles. The first kappa shape index (κ1) is 18.6. The van der Waals surface area contributed by atoms with Crippen molar-refractivity contribution in [3.8, 4) is 11.1 Å². The second kappa shape index (κ2) is 8.01. The Kier molecular flexibility index (Phi) is 5.74. The van der Waals surface area contributed by atoms with Crippen LogP contribution in [-0.2, 0) is 10.0 Å². The van der Waals surface area contributed by atoms with Crippen LogP contribution in [0.15, 0.2) is 54.6 Å². The molecule has 26 heavy (non-hydrogen) atoms. The molecule has 1 atom stereocenters. The van der Waals surface area contributed by atoms with Gasteiger partial charge in [-0.25, -0.2) is 13.1 Å². The fourth-order valence-corrected chi connectivity index (χ4v) is 3.84. The van der Waals surface area contributed by atoms with Crippen molar-refractivity contribution in [1.82, 2.24) is 9.62 Å². The Morgan fingerprint density at radius 1 is 1.08 bits per heavy atom. The van der Waals surface area contributed by atoms with Crippen molar-refractivity contribution >= 4 is 15.9 Å². The minimum atomic E-state index is -3.20. The number of amides is 1.